The average Bonchev–Trinajstić information content (AvgIpc) is 3.66. The maximum Gasteiger partial charge on any atom is 0.249 e. The first kappa shape index (κ1) is 80.6. The van der Waals surface area contributed by atoms with Crippen LogP contribution in [0.5, 0.6) is 0 Å². The summed E-state index contributed by atoms with van der Waals surface area (Å²) in [7, 11) is 0. The topological polar surface area (TPSA) is 189 Å². The first-order valence-electron chi connectivity index (χ1n) is 36.7. The van der Waals surface area contributed by atoms with Gasteiger partial charge in [-0.05, 0) is 64.2 Å². The molecule has 11 nitrogen and oxygen atoms in total. The second-order valence-corrected chi connectivity index (χ2v) is 26.0. The maximum atomic E-state index is 13.3. The van der Waals surface area contributed by atoms with Gasteiger partial charge < -0.3 is 50.5 Å². The van der Waals surface area contributed by atoms with E-state index in [2.05, 4.69) is 43.5 Å². The average molecular weight is 1190 g/mol. The number of rotatable bonds is 65. The van der Waals surface area contributed by atoms with Crippen LogP contribution in [0.2, 0.25) is 0 Å². The number of hydrogen-bond donors (Lipinski definition) is 8. The lowest BCUT2D eigenvalue weighted by atomic mass is 9.98. The molecule has 1 rings (SSSR count). The zero-order chi connectivity index (χ0) is 61.0. The van der Waals surface area contributed by atoms with Crippen molar-refractivity contribution in [2.75, 3.05) is 13.2 Å². The fourth-order valence-electron chi connectivity index (χ4n) is 12.1. The molecule has 9 atom stereocenters. The van der Waals surface area contributed by atoms with Gasteiger partial charge in [0.15, 0.2) is 6.29 Å². The van der Waals surface area contributed by atoms with Crippen LogP contribution in [0, 0.1) is 0 Å². The Morgan fingerprint density at radius 2 is 0.702 bits per heavy atom. The Morgan fingerprint density at radius 3 is 1.02 bits per heavy atom. The standard InChI is InChI=1S/C73H141NO10/c1-3-5-7-9-11-13-15-17-19-21-23-25-27-29-31-32-33-35-36-38-40-42-44-46-48-50-52-54-56-58-60-65(76)68(78)64(63-83-73-71(81)70(80)69(79)67(62-75)84-73)74-72(82)66(77)61-59-57-55-53-51-49-47-45-43-41-39-37-34-30-28-26-24-22-20-18-16-14-12-10-8-6-4-2/h30,34,52,54,64-71,73,75-81H,3-29,31-33,35-51,53,55-63H2,1-2H3,(H,74,82)/b34-30-,54-52+. The Balaban J connectivity index is 2.19. The van der Waals surface area contributed by atoms with E-state index in [1.165, 1.54) is 289 Å². The summed E-state index contributed by atoms with van der Waals surface area (Å²) in [5, 5.41) is 76.6. The summed E-state index contributed by atoms with van der Waals surface area (Å²) in [5.41, 5.74) is 0. The van der Waals surface area contributed by atoms with E-state index in [1.54, 1.807) is 0 Å². The highest BCUT2D eigenvalue weighted by atomic mass is 16.7. The van der Waals surface area contributed by atoms with Crippen molar-refractivity contribution in [3.63, 3.8) is 0 Å². The molecule has 0 aliphatic carbocycles. The Hall–Kier alpha value is -1.41. The molecule has 0 saturated carbocycles. The van der Waals surface area contributed by atoms with Crippen LogP contribution in [0.15, 0.2) is 24.3 Å². The van der Waals surface area contributed by atoms with Crippen LogP contribution < -0.4 is 5.32 Å². The predicted molar refractivity (Wildman–Crippen MR) is 353 cm³/mol. The third-order valence-corrected chi connectivity index (χ3v) is 18.0. The molecule has 1 saturated heterocycles. The van der Waals surface area contributed by atoms with Crippen LogP contribution in [0.3, 0.4) is 0 Å². The number of aliphatic hydroxyl groups is 7. The summed E-state index contributed by atoms with van der Waals surface area (Å²) in [6, 6.07) is -1.19. The van der Waals surface area contributed by atoms with Crippen molar-refractivity contribution in [3.8, 4) is 0 Å². The number of unbranched alkanes of at least 4 members (excludes halogenated alkanes) is 49. The van der Waals surface area contributed by atoms with Gasteiger partial charge in [-0.2, -0.15) is 0 Å². The molecule has 1 aliphatic rings. The third-order valence-electron chi connectivity index (χ3n) is 18.0. The van der Waals surface area contributed by atoms with Gasteiger partial charge in [0.05, 0.1) is 25.4 Å². The lowest BCUT2D eigenvalue weighted by Gasteiger charge is -2.40. The number of allylic oxidation sites excluding steroid dienone is 4. The van der Waals surface area contributed by atoms with E-state index in [9.17, 15) is 40.5 Å². The first-order chi connectivity index (χ1) is 41.2. The van der Waals surface area contributed by atoms with Crippen molar-refractivity contribution >= 4 is 5.91 Å². The van der Waals surface area contributed by atoms with Gasteiger partial charge in [-0.15, -0.1) is 0 Å². The number of amides is 1. The zero-order valence-corrected chi connectivity index (χ0v) is 55.2. The van der Waals surface area contributed by atoms with Gasteiger partial charge >= 0.3 is 0 Å². The number of carbonyl (C=O) groups excluding carboxylic acids is 1. The molecule has 1 heterocycles. The molecule has 1 fully saturated rings. The van der Waals surface area contributed by atoms with Gasteiger partial charge in [-0.1, -0.05) is 327 Å². The van der Waals surface area contributed by atoms with E-state index in [-0.39, 0.29) is 12.8 Å². The van der Waals surface area contributed by atoms with Crippen molar-refractivity contribution < 1.29 is 50.0 Å². The molecule has 0 aromatic heterocycles. The summed E-state index contributed by atoms with van der Waals surface area (Å²) < 4.78 is 11.2. The number of nitrogens with one attached hydrogen (secondary N) is 1. The summed E-state index contributed by atoms with van der Waals surface area (Å²) in [6.07, 6.45) is 67.0. The van der Waals surface area contributed by atoms with Gasteiger partial charge in [-0.25, -0.2) is 0 Å². The summed E-state index contributed by atoms with van der Waals surface area (Å²) >= 11 is 0. The second-order valence-electron chi connectivity index (χ2n) is 26.0. The number of ether oxygens (including phenoxy) is 2. The quantitative estimate of drug-likeness (QED) is 0.0215. The monoisotopic (exact) mass is 1190 g/mol. The maximum absolute atomic E-state index is 13.3. The van der Waals surface area contributed by atoms with Gasteiger partial charge in [0.2, 0.25) is 5.91 Å². The van der Waals surface area contributed by atoms with E-state index in [1.807, 2.05) is 0 Å². The van der Waals surface area contributed by atoms with E-state index >= 15 is 0 Å². The normalized spacial score (nSPS) is 19.0. The van der Waals surface area contributed by atoms with E-state index in [4.69, 9.17) is 9.47 Å². The van der Waals surface area contributed by atoms with Crippen molar-refractivity contribution in [3.05, 3.63) is 24.3 Å². The first-order valence-corrected chi connectivity index (χ1v) is 36.7. The molecule has 0 spiro atoms. The van der Waals surface area contributed by atoms with Crippen LogP contribution in [-0.4, -0.2) is 110 Å². The summed E-state index contributed by atoms with van der Waals surface area (Å²) in [6.45, 7) is 3.51. The molecule has 84 heavy (non-hydrogen) atoms. The molecular formula is C73H141NO10. The minimum atomic E-state index is -1.67. The van der Waals surface area contributed by atoms with Crippen molar-refractivity contribution in [2.24, 2.45) is 0 Å². The van der Waals surface area contributed by atoms with Gasteiger partial charge in [0.1, 0.15) is 36.6 Å². The van der Waals surface area contributed by atoms with Gasteiger partial charge in [-0.3, -0.25) is 4.79 Å². The second kappa shape index (κ2) is 61.8. The Bertz CT molecular complexity index is 1420. The third kappa shape index (κ3) is 48.5. The number of carbonyl (C=O) groups is 1. The van der Waals surface area contributed by atoms with Crippen molar-refractivity contribution in [1.82, 2.24) is 5.32 Å². The molecule has 0 aromatic carbocycles. The molecule has 11 heteroatoms. The van der Waals surface area contributed by atoms with E-state index < -0.39 is 74.2 Å². The van der Waals surface area contributed by atoms with Gasteiger partial charge in [0.25, 0.3) is 0 Å². The smallest absolute Gasteiger partial charge is 0.249 e. The predicted octanol–water partition coefficient (Wildman–Crippen LogP) is 18.0. The fourth-order valence-corrected chi connectivity index (χ4v) is 12.1. The molecule has 9 unspecified atom stereocenters. The lowest BCUT2D eigenvalue weighted by Crippen LogP contribution is -2.60. The molecule has 8 N–H and O–H groups in total. The lowest BCUT2D eigenvalue weighted by molar-refractivity contribution is -0.303. The number of hydrogen-bond acceptors (Lipinski definition) is 10. The minimum absolute atomic E-state index is 0.255. The highest BCUT2D eigenvalue weighted by Gasteiger charge is 2.44. The molecule has 0 aromatic rings. The molecule has 1 aliphatic heterocycles. The van der Waals surface area contributed by atoms with Crippen molar-refractivity contribution in [1.29, 1.82) is 0 Å². The zero-order valence-electron chi connectivity index (χ0n) is 55.2. The molecule has 0 bridgehead atoms. The Labute approximate surface area is 518 Å². The van der Waals surface area contributed by atoms with Crippen LogP contribution in [-0.2, 0) is 14.3 Å². The van der Waals surface area contributed by atoms with E-state index in [0.717, 1.165) is 38.5 Å². The largest absolute Gasteiger partial charge is 0.394 e. The highest BCUT2D eigenvalue weighted by Crippen LogP contribution is 2.24. The number of aliphatic hydroxyl groups excluding tert-OH is 7. The molecular weight excluding hydrogens is 1050 g/mol. The SMILES string of the molecule is CCCCCCCCCCCCCC/C=C\CCCCCCCCCCCCCC(O)C(=O)NC(COC1OC(CO)C(O)C(O)C1O)C(O)C(O)CCC/C=C/CCCCCCCCCCCCCCCCCCCCCCCCCCC. The van der Waals surface area contributed by atoms with Gasteiger partial charge in [0, 0.05) is 0 Å². The van der Waals surface area contributed by atoms with E-state index in [0.29, 0.717) is 12.8 Å². The van der Waals surface area contributed by atoms with Crippen LogP contribution in [0.1, 0.15) is 367 Å². The van der Waals surface area contributed by atoms with Crippen LogP contribution in [0.25, 0.3) is 0 Å². The molecule has 1 amide bonds. The summed E-state index contributed by atoms with van der Waals surface area (Å²) in [5.74, 6) is -0.701. The summed E-state index contributed by atoms with van der Waals surface area (Å²) in [4.78, 5) is 13.3. The highest BCUT2D eigenvalue weighted by molar-refractivity contribution is 5.80. The fraction of sp³-hybridized carbons (Fsp3) is 0.932. The van der Waals surface area contributed by atoms with Crippen LogP contribution >= 0.6 is 0 Å². The molecule has 498 valence electrons. The van der Waals surface area contributed by atoms with Crippen molar-refractivity contribution in [2.45, 2.75) is 422 Å². The minimum Gasteiger partial charge on any atom is -0.394 e. The Morgan fingerprint density at radius 1 is 0.405 bits per heavy atom. The Kier molecular flexibility index (Phi) is 59.3. The molecule has 0 radical (unpaired) electrons. The van der Waals surface area contributed by atoms with Crippen LogP contribution in [0.4, 0.5) is 0 Å².